The van der Waals surface area contributed by atoms with Crippen molar-refractivity contribution in [2.24, 2.45) is 0 Å². The van der Waals surface area contributed by atoms with Crippen LogP contribution in [0.4, 0.5) is 0 Å². The first kappa shape index (κ1) is 31.1. The van der Waals surface area contributed by atoms with Gasteiger partial charge in [0.2, 0.25) is 0 Å². The first-order valence-electron chi connectivity index (χ1n) is 14.6. The van der Waals surface area contributed by atoms with Gasteiger partial charge in [-0.2, -0.15) is 0 Å². The number of unbranched alkanes of at least 4 members (excludes halogenated alkanes) is 18. The molecule has 0 aliphatic carbocycles. The third-order valence-electron chi connectivity index (χ3n) is 6.43. The van der Waals surface area contributed by atoms with Crippen LogP contribution in [0.5, 0.6) is 0 Å². The Hall–Kier alpha value is -0.850. The number of hydrogen-bond acceptors (Lipinski definition) is 1. The molecule has 0 aliphatic rings. The summed E-state index contributed by atoms with van der Waals surface area (Å²) >= 11 is 0. The molecule has 0 amide bonds. The fraction of sp³-hybridized carbons (Fsp3) is 0.839. The Bertz CT molecular complexity index is 382. The van der Waals surface area contributed by atoms with Gasteiger partial charge in [0.1, 0.15) is 5.78 Å². The second-order valence-electron chi connectivity index (χ2n) is 9.79. The summed E-state index contributed by atoms with van der Waals surface area (Å²) < 4.78 is 0. The lowest BCUT2D eigenvalue weighted by Gasteiger charge is -2.02. The molecule has 0 heterocycles. The van der Waals surface area contributed by atoms with Crippen molar-refractivity contribution < 1.29 is 4.79 Å². The number of carbonyl (C=O) groups is 1. The molecule has 0 atom stereocenters. The van der Waals surface area contributed by atoms with E-state index in [1.807, 2.05) is 0 Å². The zero-order valence-corrected chi connectivity index (χ0v) is 22.2. The van der Waals surface area contributed by atoms with Crippen molar-refractivity contribution in [3.05, 3.63) is 24.3 Å². The molecule has 0 fully saturated rings. The van der Waals surface area contributed by atoms with E-state index in [-0.39, 0.29) is 0 Å². The van der Waals surface area contributed by atoms with E-state index < -0.39 is 0 Å². The molecular weight excluding hydrogens is 388 g/mol. The third-order valence-corrected chi connectivity index (χ3v) is 6.43. The van der Waals surface area contributed by atoms with E-state index in [2.05, 4.69) is 38.2 Å². The number of hydrogen-bond donors (Lipinski definition) is 0. The van der Waals surface area contributed by atoms with Gasteiger partial charge in [0.25, 0.3) is 0 Å². The Morgan fingerprint density at radius 1 is 0.406 bits per heavy atom. The number of ketones is 1. The Balaban J connectivity index is 3.24. The second-order valence-corrected chi connectivity index (χ2v) is 9.79. The van der Waals surface area contributed by atoms with Crippen molar-refractivity contribution >= 4 is 5.78 Å². The van der Waals surface area contributed by atoms with Gasteiger partial charge in [0.15, 0.2) is 0 Å². The van der Waals surface area contributed by atoms with E-state index in [1.54, 1.807) is 0 Å². The van der Waals surface area contributed by atoms with Crippen molar-refractivity contribution in [3.8, 4) is 0 Å². The molecule has 0 aromatic heterocycles. The number of carbonyl (C=O) groups excluding carboxylic acids is 1. The summed E-state index contributed by atoms with van der Waals surface area (Å²) in [6.45, 7) is 4.54. The molecule has 32 heavy (non-hydrogen) atoms. The van der Waals surface area contributed by atoms with Crippen LogP contribution in [0.3, 0.4) is 0 Å². The predicted octanol–water partition coefficient (Wildman–Crippen LogP) is 11.1. The minimum absolute atomic E-state index is 0.502. The summed E-state index contributed by atoms with van der Waals surface area (Å²) in [4.78, 5) is 12.0. The molecule has 0 saturated carbocycles. The number of allylic oxidation sites excluding steroid dienone is 4. The molecule has 0 unspecified atom stereocenters. The molecular formula is C31H58O. The first-order chi connectivity index (χ1) is 15.8. The minimum Gasteiger partial charge on any atom is -0.300 e. The summed E-state index contributed by atoms with van der Waals surface area (Å²) in [5.41, 5.74) is 0. The van der Waals surface area contributed by atoms with E-state index in [4.69, 9.17) is 0 Å². The van der Waals surface area contributed by atoms with Gasteiger partial charge < -0.3 is 0 Å². The largest absolute Gasteiger partial charge is 0.300 e. The van der Waals surface area contributed by atoms with E-state index in [0.29, 0.717) is 5.78 Å². The summed E-state index contributed by atoms with van der Waals surface area (Å²) in [5.74, 6) is 0.502. The van der Waals surface area contributed by atoms with Crippen LogP contribution < -0.4 is 0 Å². The van der Waals surface area contributed by atoms with Crippen LogP contribution in [0, 0.1) is 0 Å². The maximum absolute atomic E-state index is 12.0. The highest BCUT2D eigenvalue weighted by molar-refractivity contribution is 5.78. The van der Waals surface area contributed by atoms with Crippen molar-refractivity contribution in [1.29, 1.82) is 0 Å². The molecule has 188 valence electrons. The van der Waals surface area contributed by atoms with Gasteiger partial charge in [0.05, 0.1) is 0 Å². The highest BCUT2D eigenvalue weighted by Crippen LogP contribution is 2.12. The fourth-order valence-electron chi connectivity index (χ4n) is 4.20. The van der Waals surface area contributed by atoms with Gasteiger partial charge in [-0.25, -0.2) is 0 Å². The van der Waals surface area contributed by atoms with Crippen molar-refractivity contribution in [2.75, 3.05) is 0 Å². The van der Waals surface area contributed by atoms with E-state index in [0.717, 1.165) is 25.7 Å². The second kappa shape index (κ2) is 28.2. The van der Waals surface area contributed by atoms with Crippen LogP contribution in [0.1, 0.15) is 168 Å². The highest BCUT2D eigenvalue weighted by Gasteiger charge is 2.01. The Morgan fingerprint density at radius 2 is 0.688 bits per heavy atom. The fourth-order valence-corrected chi connectivity index (χ4v) is 4.20. The molecule has 0 aliphatic heterocycles. The van der Waals surface area contributed by atoms with Crippen molar-refractivity contribution in [2.45, 2.75) is 168 Å². The molecule has 0 aromatic rings. The zero-order valence-electron chi connectivity index (χ0n) is 22.2. The van der Waals surface area contributed by atoms with Gasteiger partial charge in [-0.1, -0.05) is 115 Å². The quantitative estimate of drug-likeness (QED) is 0.0953. The SMILES string of the molecule is CCCCCCC=CCCCCCCCC(=O)CCCCCCCC=CCCCCCC. The number of Topliss-reactive ketones (excluding diaryl/α,β-unsaturated/α-hetero) is 1. The average Bonchev–Trinajstić information content (AvgIpc) is 2.80. The lowest BCUT2D eigenvalue weighted by Crippen LogP contribution is -1.97. The Morgan fingerprint density at radius 3 is 1.03 bits per heavy atom. The summed E-state index contributed by atoms with van der Waals surface area (Å²) in [6.07, 6.45) is 39.6. The lowest BCUT2D eigenvalue weighted by atomic mass is 10.0. The summed E-state index contributed by atoms with van der Waals surface area (Å²) in [5, 5.41) is 0. The molecule has 0 rings (SSSR count). The average molecular weight is 447 g/mol. The van der Waals surface area contributed by atoms with Crippen LogP contribution in [-0.2, 0) is 4.79 Å². The van der Waals surface area contributed by atoms with E-state index in [9.17, 15) is 4.79 Å². The molecule has 0 spiro atoms. The van der Waals surface area contributed by atoms with Crippen LogP contribution >= 0.6 is 0 Å². The van der Waals surface area contributed by atoms with Gasteiger partial charge in [-0.3, -0.25) is 4.79 Å². The zero-order chi connectivity index (χ0) is 23.4. The van der Waals surface area contributed by atoms with Crippen LogP contribution in [0.25, 0.3) is 0 Å². The standard InChI is InChI=1S/C31H58O/c1-3-5-7-9-11-13-15-17-19-21-23-25-27-29-31(32)30-28-26-24-22-20-18-16-14-12-10-8-6-4-2/h13-16H,3-12,17-30H2,1-2H3. The molecule has 0 bridgehead atoms. The van der Waals surface area contributed by atoms with E-state index >= 15 is 0 Å². The normalized spacial score (nSPS) is 11.8. The first-order valence-corrected chi connectivity index (χ1v) is 14.6. The number of rotatable bonds is 26. The highest BCUT2D eigenvalue weighted by atomic mass is 16.1. The summed E-state index contributed by atoms with van der Waals surface area (Å²) in [6, 6.07) is 0. The van der Waals surface area contributed by atoms with Crippen molar-refractivity contribution in [3.63, 3.8) is 0 Å². The van der Waals surface area contributed by atoms with Crippen LogP contribution in [0.2, 0.25) is 0 Å². The molecule has 0 N–H and O–H groups in total. The lowest BCUT2D eigenvalue weighted by molar-refractivity contribution is -0.119. The molecule has 0 saturated heterocycles. The van der Waals surface area contributed by atoms with Gasteiger partial charge in [-0.15, -0.1) is 0 Å². The van der Waals surface area contributed by atoms with E-state index in [1.165, 1.54) is 128 Å². The predicted molar refractivity (Wildman–Crippen MR) is 145 cm³/mol. The van der Waals surface area contributed by atoms with Gasteiger partial charge in [-0.05, 0) is 64.2 Å². The molecule has 1 heteroatoms. The van der Waals surface area contributed by atoms with Crippen LogP contribution in [-0.4, -0.2) is 5.78 Å². The monoisotopic (exact) mass is 446 g/mol. The maximum Gasteiger partial charge on any atom is 0.132 e. The molecule has 1 nitrogen and oxygen atoms in total. The maximum atomic E-state index is 12.0. The minimum atomic E-state index is 0.502. The van der Waals surface area contributed by atoms with Crippen molar-refractivity contribution in [1.82, 2.24) is 0 Å². The molecule has 0 radical (unpaired) electrons. The van der Waals surface area contributed by atoms with Gasteiger partial charge >= 0.3 is 0 Å². The smallest absolute Gasteiger partial charge is 0.132 e. The van der Waals surface area contributed by atoms with Crippen LogP contribution in [0.15, 0.2) is 24.3 Å². The summed E-state index contributed by atoms with van der Waals surface area (Å²) in [7, 11) is 0. The Labute approximate surface area is 202 Å². The Kier molecular flexibility index (Phi) is 27.4. The van der Waals surface area contributed by atoms with Gasteiger partial charge in [0, 0.05) is 12.8 Å². The third kappa shape index (κ3) is 27.2. The topological polar surface area (TPSA) is 17.1 Å². The molecule has 0 aromatic carbocycles.